The van der Waals surface area contributed by atoms with Crippen LogP contribution in [-0.4, -0.2) is 10.1 Å². The molecule has 1 heterocycles. The molecule has 0 saturated carbocycles. The summed E-state index contributed by atoms with van der Waals surface area (Å²) in [5.74, 6) is 0. The highest BCUT2D eigenvalue weighted by Gasteiger charge is 2.35. The number of rotatable bonds is 2. The van der Waals surface area contributed by atoms with Gasteiger partial charge in [0.05, 0.1) is 5.56 Å². The summed E-state index contributed by atoms with van der Waals surface area (Å²) in [6.45, 7) is 0. The van der Waals surface area contributed by atoms with Crippen molar-refractivity contribution in [3.8, 4) is 0 Å². The molecule has 0 aliphatic rings. The predicted molar refractivity (Wildman–Crippen MR) is 69.8 cm³/mol. The number of halogens is 5. The molecule has 1 atom stereocenters. The van der Waals surface area contributed by atoms with E-state index in [9.17, 15) is 18.3 Å². The first-order chi connectivity index (χ1) is 9.30. The number of aliphatic hydroxyl groups is 1. The molecule has 106 valence electrons. The van der Waals surface area contributed by atoms with E-state index in [1.807, 2.05) is 0 Å². The molecule has 0 aliphatic carbocycles. The summed E-state index contributed by atoms with van der Waals surface area (Å²) in [6, 6.07) is 4.98. The Hall–Kier alpha value is -1.30. The topological polar surface area (TPSA) is 33.1 Å². The van der Waals surface area contributed by atoms with Crippen molar-refractivity contribution in [2.75, 3.05) is 0 Å². The number of hydrogen-bond donors (Lipinski definition) is 1. The van der Waals surface area contributed by atoms with Gasteiger partial charge in [0.1, 0.15) is 6.10 Å². The maximum Gasteiger partial charge on any atom is 0.416 e. The van der Waals surface area contributed by atoms with Crippen LogP contribution in [0.15, 0.2) is 36.7 Å². The summed E-state index contributed by atoms with van der Waals surface area (Å²) in [7, 11) is 0. The van der Waals surface area contributed by atoms with Gasteiger partial charge in [0.25, 0.3) is 0 Å². The van der Waals surface area contributed by atoms with Crippen molar-refractivity contribution in [2.24, 2.45) is 0 Å². The second-order valence-electron chi connectivity index (χ2n) is 4.03. The van der Waals surface area contributed by atoms with Gasteiger partial charge in [0.15, 0.2) is 0 Å². The molecule has 7 heteroatoms. The molecule has 0 radical (unpaired) electrons. The number of aromatic nitrogens is 1. The zero-order chi connectivity index (χ0) is 14.9. The summed E-state index contributed by atoms with van der Waals surface area (Å²) in [4.78, 5) is 3.62. The fourth-order valence-corrected chi connectivity index (χ4v) is 2.29. The van der Waals surface area contributed by atoms with Crippen LogP contribution in [0.4, 0.5) is 13.2 Å². The molecular weight excluding hydrogens is 314 g/mol. The molecule has 0 fully saturated rings. The lowest BCUT2D eigenvalue weighted by Gasteiger charge is -2.18. The van der Waals surface area contributed by atoms with E-state index in [0.29, 0.717) is 5.02 Å². The van der Waals surface area contributed by atoms with Gasteiger partial charge in [0.2, 0.25) is 0 Å². The Balaban J connectivity index is 2.51. The van der Waals surface area contributed by atoms with Gasteiger partial charge in [-0.25, -0.2) is 0 Å². The van der Waals surface area contributed by atoms with E-state index in [4.69, 9.17) is 23.2 Å². The van der Waals surface area contributed by atoms with E-state index in [-0.39, 0.29) is 16.1 Å². The summed E-state index contributed by atoms with van der Waals surface area (Å²) in [6.07, 6.45) is -4.14. The van der Waals surface area contributed by atoms with Crippen LogP contribution in [0.2, 0.25) is 10.0 Å². The average molecular weight is 322 g/mol. The third kappa shape index (κ3) is 3.06. The first kappa shape index (κ1) is 15.1. The summed E-state index contributed by atoms with van der Waals surface area (Å²) < 4.78 is 38.7. The van der Waals surface area contributed by atoms with Crippen LogP contribution in [0.25, 0.3) is 0 Å². The maximum atomic E-state index is 12.9. The van der Waals surface area contributed by atoms with Gasteiger partial charge in [-0.3, -0.25) is 4.98 Å². The lowest BCUT2D eigenvalue weighted by molar-refractivity contribution is -0.139. The number of benzene rings is 1. The minimum Gasteiger partial charge on any atom is -0.384 e. The second kappa shape index (κ2) is 5.60. The van der Waals surface area contributed by atoms with Crippen LogP contribution in [0.5, 0.6) is 0 Å². The molecule has 1 unspecified atom stereocenters. The molecule has 0 aliphatic heterocycles. The fourth-order valence-electron chi connectivity index (χ4n) is 1.77. The van der Waals surface area contributed by atoms with Gasteiger partial charge in [-0.2, -0.15) is 13.2 Å². The summed E-state index contributed by atoms with van der Waals surface area (Å²) in [5.41, 5.74) is -1.18. The highest BCUT2D eigenvalue weighted by Crippen LogP contribution is 2.37. The zero-order valence-electron chi connectivity index (χ0n) is 9.83. The minimum absolute atomic E-state index is 0.0852. The second-order valence-corrected chi connectivity index (χ2v) is 4.87. The molecule has 0 spiro atoms. The number of nitrogens with zero attached hydrogens (tertiary/aromatic N) is 1. The van der Waals surface area contributed by atoms with E-state index in [2.05, 4.69) is 4.98 Å². The molecule has 0 bridgehead atoms. The maximum absolute atomic E-state index is 12.9. The molecule has 0 amide bonds. The molecule has 20 heavy (non-hydrogen) atoms. The van der Waals surface area contributed by atoms with Gasteiger partial charge in [0, 0.05) is 33.6 Å². The van der Waals surface area contributed by atoms with Crippen molar-refractivity contribution in [1.82, 2.24) is 4.98 Å². The van der Waals surface area contributed by atoms with E-state index >= 15 is 0 Å². The summed E-state index contributed by atoms with van der Waals surface area (Å²) in [5, 5.41) is 10.6. The van der Waals surface area contributed by atoms with Crippen molar-refractivity contribution in [3.05, 3.63) is 63.4 Å². The van der Waals surface area contributed by atoms with Crippen LogP contribution < -0.4 is 0 Å². The van der Waals surface area contributed by atoms with Crippen molar-refractivity contribution >= 4 is 23.2 Å². The quantitative estimate of drug-likeness (QED) is 0.884. The van der Waals surface area contributed by atoms with E-state index < -0.39 is 17.8 Å². The largest absolute Gasteiger partial charge is 0.416 e. The van der Waals surface area contributed by atoms with Crippen LogP contribution >= 0.6 is 23.2 Å². The monoisotopic (exact) mass is 321 g/mol. The van der Waals surface area contributed by atoms with Gasteiger partial charge < -0.3 is 5.11 Å². The lowest BCUT2D eigenvalue weighted by atomic mass is 9.98. The third-order valence-corrected chi connectivity index (χ3v) is 3.27. The number of hydrogen-bond acceptors (Lipinski definition) is 2. The molecule has 0 saturated heterocycles. The fraction of sp³-hybridized carbons (Fsp3) is 0.154. The Morgan fingerprint density at radius 2 is 1.80 bits per heavy atom. The molecule has 2 aromatic rings. The molecule has 1 aromatic heterocycles. The van der Waals surface area contributed by atoms with E-state index in [0.717, 1.165) is 18.5 Å². The Kier molecular flexibility index (Phi) is 4.22. The average Bonchev–Trinajstić information content (AvgIpc) is 2.37. The van der Waals surface area contributed by atoms with Crippen LogP contribution in [-0.2, 0) is 6.18 Å². The van der Waals surface area contributed by atoms with Gasteiger partial charge in [-0.15, -0.1) is 0 Å². The SMILES string of the molecule is OC(c1ccc(Cl)cc1Cl)c1cnccc1C(F)(F)F. The van der Waals surface area contributed by atoms with Crippen LogP contribution in [0, 0.1) is 0 Å². The van der Waals surface area contributed by atoms with Gasteiger partial charge >= 0.3 is 6.18 Å². The number of alkyl halides is 3. The predicted octanol–water partition coefficient (Wildman–Crippen LogP) is 4.49. The zero-order valence-corrected chi connectivity index (χ0v) is 11.3. The Morgan fingerprint density at radius 3 is 2.40 bits per heavy atom. The van der Waals surface area contributed by atoms with E-state index in [1.165, 1.54) is 18.2 Å². The first-order valence-corrected chi connectivity index (χ1v) is 6.20. The lowest BCUT2D eigenvalue weighted by Crippen LogP contribution is -2.13. The van der Waals surface area contributed by atoms with E-state index in [1.54, 1.807) is 0 Å². The molecule has 2 rings (SSSR count). The molecular formula is C13H8Cl2F3NO. The van der Waals surface area contributed by atoms with Gasteiger partial charge in [-0.1, -0.05) is 29.3 Å². The Bertz CT molecular complexity index is 631. The van der Waals surface area contributed by atoms with Crippen molar-refractivity contribution < 1.29 is 18.3 Å². The smallest absolute Gasteiger partial charge is 0.384 e. The molecule has 1 aromatic carbocycles. The molecule has 2 nitrogen and oxygen atoms in total. The van der Waals surface area contributed by atoms with Gasteiger partial charge in [-0.05, 0) is 18.2 Å². The third-order valence-electron chi connectivity index (χ3n) is 2.71. The van der Waals surface area contributed by atoms with Crippen molar-refractivity contribution in [1.29, 1.82) is 0 Å². The van der Waals surface area contributed by atoms with Crippen LogP contribution in [0.3, 0.4) is 0 Å². The van der Waals surface area contributed by atoms with Crippen molar-refractivity contribution in [2.45, 2.75) is 12.3 Å². The highest BCUT2D eigenvalue weighted by molar-refractivity contribution is 6.35. The van der Waals surface area contributed by atoms with Crippen LogP contribution in [0.1, 0.15) is 22.8 Å². The number of aliphatic hydroxyl groups excluding tert-OH is 1. The molecule has 1 N–H and O–H groups in total. The normalized spacial score (nSPS) is 13.3. The minimum atomic E-state index is -4.59. The Labute approximate surface area is 122 Å². The highest BCUT2D eigenvalue weighted by atomic mass is 35.5. The standard InChI is InChI=1S/C13H8Cl2F3NO/c14-7-1-2-8(11(15)5-7)12(20)9-6-19-4-3-10(9)13(16,17)18/h1-6,12,20H. The Morgan fingerprint density at radius 1 is 1.10 bits per heavy atom. The first-order valence-electron chi connectivity index (χ1n) is 5.45. The summed E-state index contributed by atoms with van der Waals surface area (Å²) >= 11 is 11.6. The number of pyridine rings is 1. The van der Waals surface area contributed by atoms with Crippen molar-refractivity contribution in [3.63, 3.8) is 0 Å².